The highest BCUT2D eigenvalue weighted by Crippen LogP contribution is 2.43. The van der Waals surface area contributed by atoms with Crippen molar-refractivity contribution in [3.05, 3.63) is 0 Å². The van der Waals surface area contributed by atoms with Crippen molar-refractivity contribution in [1.82, 2.24) is 0 Å². The van der Waals surface area contributed by atoms with Gasteiger partial charge >= 0.3 is 19.8 Å². The fourth-order valence-corrected chi connectivity index (χ4v) is 9.88. The van der Waals surface area contributed by atoms with E-state index < -0.39 is 26.5 Å². The lowest BCUT2D eigenvalue weighted by Gasteiger charge is -2.19. The van der Waals surface area contributed by atoms with Crippen LogP contribution in [-0.2, 0) is 32.7 Å². The molecule has 0 saturated carbocycles. The molecule has 0 heterocycles. The molecule has 0 aliphatic heterocycles. The number of carbonyl (C=O) groups excluding carboxylic acids is 2. The number of phosphoric acid groups is 1. The molecule has 0 amide bonds. The number of ether oxygens (including phenoxy) is 2. The summed E-state index contributed by atoms with van der Waals surface area (Å²) in [5.41, 5.74) is 5.36. The van der Waals surface area contributed by atoms with E-state index in [0.717, 1.165) is 32.1 Å². The van der Waals surface area contributed by atoms with Crippen molar-refractivity contribution in [2.75, 3.05) is 26.4 Å². The van der Waals surface area contributed by atoms with E-state index in [-0.39, 0.29) is 38.6 Å². The first-order valence-electron chi connectivity index (χ1n) is 29.5. The van der Waals surface area contributed by atoms with Crippen LogP contribution in [0.1, 0.15) is 322 Å². The fraction of sp³-hybridized carbons (Fsp3) is 0.965. The summed E-state index contributed by atoms with van der Waals surface area (Å²) in [6.07, 6.45) is 60.9. The number of esters is 2. The maximum absolute atomic E-state index is 12.6. The number of hydrogen-bond donors (Lipinski definition) is 2. The fourth-order valence-electron chi connectivity index (χ4n) is 9.11. The molecule has 0 aromatic rings. The average molecular weight is 973 g/mol. The van der Waals surface area contributed by atoms with Crippen LogP contribution in [0.25, 0.3) is 0 Å². The smallest absolute Gasteiger partial charge is 0.462 e. The average Bonchev–Trinajstić information content (AvgIpc) is 3.32. The van der Waals surface area contributed by atoms with Gasteiger partial charge in [-0.15, -0.1) is 0 Å². The predicted octanol–water partition coefficient (Wildman–Crippen LogP) is 18.3. The van der Waals surface area contributed by atoms with Gasteiger partial charge in [0.2, 0.25) is 0 Å². The van der Waals surface area contributed by atoms with E-state index in [0.29, 0.717) is 6.42 Å². The van der Waals surface area contributed by atoms with Crippen LogP contribution in [-0.4, -0.2) is 49.3 Å². The predicted molar refractivity (Wildman–Crippen MR) is 285 cm³/mol. The summed E-state index contributed by atoms with van der Waals surface area (Å²) in [4.78, 5) is 34.9. The second-order valence-corrected chi connectivity index (χ2v) is 21.7. The third-order valence-electron chi connectivity index (χ3n) is 13.5. The molecule has 400 valence electrons. The van der Waals surface area contributed by atoms with Gasteiger partial charge in [-0.25, -0.2) is 4.57 Å². The minimum Gasteiger partial charge on any atom is -0.462 e. The van der Waals surface area contributed by atoms with Gasteiger partial charge in [-0.2, -0.15) is 0 Å². The first-order chi connectivity index (χ1) is 32.8. The quantitative estimate of drug-likeness (QED) is 0.0347. The van der Waals surface area contributed by atoms with Gasteiger partial charge < -0.3 is 20.1 Å². The molecular weight excluding hydrogens is 858 g/mol. The molecule has 0 fully saturated rings. The number of unbranched alkanes of at least 4 members (excludes halogenated alkanes) is 44. The Balaban J connectivity index is 3.62. The Kier molecular flexibility index (Phi) is 53.5. The molecule has 2 atom stereocenters. The van der Waals surface area contributed by atoms with Gasteiger partial charge in [-0.1, -0.05) is 296 Å². The van der Waals surface area contributed by atoms with E-state index >= 15 is 0 Å². The van der Waals surface area contributed by atoms with Gasteiger partial charge in [0, 0.05) is 19.4 Å². The molecule has 9 nitrogen and oxygen atoms in total. The number of rotatable bonds is 57. The van der Waals surface area contributed by atoms with Crippen LogP contribution in [0.15, 0.2) is 0 Å². The van der Waals surface area contributed by atoms with E-state index in [1.807, 2.05) is 0 Å². The third kappa shape index (κ3) is 54.2. The summed E-state index contributed by atoms with van der Waals surface area (Å²) < 4.78 is 32.8. The summed E-state index contributed by atoms with van der Waals surface area (Å²) in [6.45, 7) is 3.76. The van der Waals surface area contributed by atoms with Crippen LogP contribution in [0, 0.1) is 0 Å². The minimum absolute atomic E-state index is 0.0580. The Morgan fingerprint density at radius 1 is 0.388 bits per heavy atom. The highest BCUT2D eigenvalue weighted by atomic mass is 31.2. The number of nitrogens with two attached hydrogens (primary N) is 1. The summed E-state index contributed by atoms with van der Waals surface area (Å²) >= 11 is 0. The normalized spacial score (nSPS) is 13.0. The van der Waals surface area contributed by atoms with Crippen molar-refractivity contribution in [1.29, 1.82) is 0 Å². The molecule has 2 unspecified atom stereocenters. The van der Waals surface area contributed by atoms with Gasteiger partial charge in [-0.3, -0.25) is 18.6 Å². The Morgan fingerprint density at radius 2 is 0.642 bits per heavy atom. The van der Waals surface area contributed by atoms with Crippen LogP contribution in [0.5, 0.6) is 0 Å². The maximum Gasteiger partial charge on any atom is 0.472 e. The standard InChI is InChI=1S/C57H114NO8P/c1-3-5-7-9-11-13-14-15-16-17-18-19-20-21-22-23-24-25-26-27-28-29-30-31-32-33-34-35-36-37-38-39-40-41-42-44-46-48-50-57(60)66-55(54-65-67(61,62)64-52-51-58)53-63-56(59)49-47-45-43-12-10-8-6-4-2/h55H,3-54,58H2,1-2H3,(H,61,62). The van der Waals surface area contributed by atoms with Crippen molar-refractivity contribution in [2.24, 2.45) is 5.73 Å². The zero-order valence-corrected chi connectivity index (χ0v) is 45.6. The van der Waals surface area contributed by atoms with Gasteiger partial charge in [0.05, 0.1) is 13.2 Å². The lowest BCUT2D eigenvalue weighted by Crippen LogP contribution is -2.29. The summed E-state index contributed by atoms with van der Waals surface area (Å²) in [5.74, 6) is -0.814. The minimum atomic E-state index is -4.37. The molecule has 0 aromatic heterocycles. The zero-order chi connectivity index (χ0) is 48.8. The summed E-state index contributed by atoms with van der Waals surface area (Å²) in [5, 5.41) is 0. The summed E-state index contributed by atoms with van der Waals surface area (Å²) in [7, 11) is -4.37. The molecule has 67 heavy (non-hydrogen) atoms. The van der Waals surface area contributed by atoms with Crippen molar-refractivity contribution in [2.45, 2.75) is 328 Å². The molecule has 0 rings (SSSR count). The van der Waals surface area contributed by atoms with Crippen LogP contribution < -0.4 is 5.73 Å². The van der Waals surface area contributed by atoms with E-state index in [9.17, 15) is 19.0 Å². The molecule has 3 N–H and O–H groups in total. The van der Waals surface area contributed by atoms with Gasteiger partial charge in [-0.05, 0) is 12.8 Å². The second-order valence-electron chi connectivity index (χ2n) is 20.2. The highest BCUT2D eigenvalue weighted by Gasteiger charge is 2.26. The molecule has 0 aromatic carbocycles. The lowest BCUT2D eigenvalue weighted by molar-refractivity contribution is -0.161. The molecule has 10 heteroatoms. The van der Waals surface area contributed by atoms with Crippen molar-refractivity contribution in [3.63, 3.8) is 0 Å². The number of carbonyl (C=O) groups is 2. The van der Waals surface area contributed by atoms with Crippen molar-refractivity contribution in [3.8, 4) is 0 Å². The molecule has 0 bridgehead atoms. The van der Waals surface area contributed by atoms with E-state index in [2.05, 4.69) is 13.8 Å². The van der Waals surface area contributed by atoms with Crippen molar-refractivity contribution < 1.29 is 37.6 Å². The Morgan fingerprint density at radius 3 is 0.910 bits per heavy atom. The van der Waals surface area contributed by atoms with Crippen LogP contribution in [0.3, 0.4) is 0 Å². The monoisotopic (exact) mass is 972 g/mol. The lowest BCUT2D eigenvalue weighted by atomic mass is 10.0. The molecule has 0 aliphatic carbocycles. The van der Waals surface area contributed by atoms with E-state index in [4.69, 9.17) is 24.3 Å². The van der Waals surface area contributed by atoms with E-state index in [1.165, 1.54) is 257 Å². The summed E-state index contributed by atoms with van der Waals surface area (Å²) in [6, 6.07) is 0. The van der Waals surface area contributed by atoms with Crippen LogP contribution in [0.4, 0.5) is 0 Å². The molecule has 0 aliphatic rings. The Labute approximate surface area is 416 Å². The number of hydrogen-bond acceptors (Lipinski definition) is 8. The third-order valence-corrected chi connectivity index (χ3v) is 14.5. The first kappa shape index (κ1) is 66.0. The first-order valence-corrected chi connectivity index (χ1v) is 31.0. The molecule has 0 spiro atoms. The maximum atomic E-state index is 12.6. The largest absolute Gasteiger partial charge is 0.472 e. The SMILES string of the molecule is CCCCCCCCCCCCCCCCCCCCCCCCCCCCCCCCCCCCCCCCC(=O)OC(COC(=O)CCCCCCCCCC)COP(=O)(O)OCCN. The molecular formula is C57H114NO8P. The topological polar surface area (TPSA) is 134 Å². The van der Waals surface area contributed by atoms with Gasteiger partial charge in [0.15, 0.2) is 6.10 Å². The van der Waals surface area contributed by atoms with Crippen LogP contribution in [0.2, 0.25) is 0 Å². The Bertz CT molecular complexity index is 1060. The zero-order valence-electron chi connectivity index (χ0n) is 44.7. The molecule has 0 saturated heterocycles. The van der Waals surface area contributed by atoms with Crippen LogP contribution >= 0.6 is 7.82 Å². The Hall–Kier alpha value is -0.990. The van der Waals surface area contributed by atoms with Gasteiger partial charge in [0.25, 0.3) is 0 Å². The highest BCUT2D eigenvalue weighted by molar-refractivity contribution is 7.47. The second kappa shape index (κ2) is 54.3. The number of phosphoric ester groups is 1. The van der Waals surface area contributed by atoms with E-state index in [1.54, 1.807) is 0 Å². The van der Waals surface area contributed by atoms with Gasteiger partial charge in [0.1, 0.15) is 6.61 Å². The molecule has 0 radical (unpaired) electrons. The van der Waals surface area contributed by atoms with Crippen molar-refractivity contribution >= 4 is 19.8 Å².